The molecule has 11 heteroatoms. The summed E-state index contributed by atoms with van der Waals surface area (Å²) < 4.78 is 1.37. The summed E-state index contributed by atoms with van der Waals surface area (Å²) in [6.45, 7) is -0.577. The van der Waals surface area contributed by atoms with Gasteiger partial charge in [0.2, 0.25) is 11.8 Å². The predicted octanol–water partition coefficient (Wildman–Crippen LogP) is 1.13. The number of tetrazole rings is 1. The monoisotopic (exact) mass is 418 g/mol. The van der Waals surface area contributed by atoms with Gasteiger partial charge < -0.3 is 10.0 Å². The van der Waals surface area contributed by atoms with Gasteiger partial charge in [0, 0.05) is 5.02 Å². The zero-order valence-corrected chi connectivity index (χ0v) is 16.2. The minimum Gasteiger partial charge on any atom is -0.480 e. The van der Waals surface area contributed by atoms with Crippen molar-refractivity contribution < 1.29 is 19.5 Å². The van der Waals surface area contributed by atoms with Crippen molar-refractivity contribution in [2.24, 2.45) is 5.92 Å². The van der Waals surface area contributed by atoms with E-state index in [4.69, 9.17) is 11.6 Å². The van der Waals surface area contributed by atoms with Gasteiger partial charge in [-0.25, -0.2) is 4.79 Å². The second kappa shape index (κ2) is 7.78. The van der Waals surface area contributed by atoms with Crippen molar-refractivity contribution in [3.8, 4) is 5.69 Å². The second-order valence-electron chi connectivity index (χ2n) is 7.28. The highest BCUT2D eigenvalue weighted by Gasteiger charge is 2.40. The molecule has 0 spiro atoms. The molecule has 10 nitrogen and oxygen atoms in total. The van der Waals surface area contributed by atoms with E-state index in [1.54, 1.807) is 18.2 Å². The Morgan fingerprint density at radius 2 is 2.00 bits per heavy atom. The number of rotatable bonds is 6. The van der Waals surface area contributed by atoms with Gasteiger partial charge in [0.05, 0.1) is 11.4 Å². The number of carboxylic acids is 1. The number of amides is 2. The molecule has 1 saturated carbocycles. The molecule has 1 atom stereocenters. The maximum atomic E-state index is 12.9. The zero-order chi connectivity index (χ0) is 20.5. The third-order valence-corrected chi connectivity index (χ3v) is 5.72. The molecule has 1 aliphatic carbocycles. The van der Waals surface area contributed by atoms with E-state index in [0.29, 0.717) is 22.8 Å². The molecule has 2 aliphatic rings. The van der Waals surface area contributed by atoms with Crippen LogP contribution >= 0.6 is 11.6 Å². The number of piperazine rings is 1. The van der Waals surface area contributed by atoms with E-state index in [1.807, 2.05) is 0 Å². The molecule has 1 N–H and O–H groups in total. The van der Waals surface area contributed by atoms with Crippen LogP contribution in [0.5, 0.6) is 0 Å². The predicted molar refractivity (Wildman–Crippen MR) is 102 cm³/mol. The van der Waals surface area contributed by atoms with E-state index in [0.717, 1.165) is 19.3 Å². The Kier molecular flexibility index (Phi) is 5.18. The Bertz CT molecular complexity index is 946. The van der Waals surface area contributed by atoms with Crippen molar-refractivity contribution in [1.82, 2.24) is 25.1 Å². The van der Waals surface area contributed by atoms with Gasteiger partial charge in [0.1, 0.15) is 25.5 Å². The molecule has 0 radical (unpaired) electrons. The largest absolute Gasteiger partial charge is 0.480 e. The number of benzene rings is 1. The quantitative estimate of drug-likeness (QED) is 0.746. The third kappa shape index (κ3) is 3.80. The first-order valence-corrected chi connectivity index (χ1v) is 9.67. The Hall–Kier alpha value is -3.01. The lowest BCUT2D eigenvalue weighted by molar-refractivity contribution is -0.153. The zero-order valence-electron chi connectivity index (χ0n) is 15.4. The molecule has 4 rings (SSSR count). The van der Waals surface area contributed by atoms with E-state index >= 15 is 0 Å². The number of aliphatic carboxylic acids is 1. The number of carbonyl (C=O) groups is 3. The first-order valence-electron chi connectivity index (χ1n) is 9.29. The topological polar surface area (TPSA) is 122 Å². The summed E-state index contributed by atoms with van der Waals surface area (Å²) in [7, 11) is 0. The standard InChI is InChI=1S/C18H19ClN6O4/c19-12-4-5-13(25-10-20-21-22-25)14(7-12)23-8-17(27)24(9-16(23)26)15(18(28)29)6-11-2-1-3-11/h4-5,7,10-11,15H,1-3,6,8-9H2,(H,28,29). The second-order valence-corrected chi connectivity index (χ2v) is 7.71. The fraction of sp³-hybridized carbons (Fsp3) is 0.444. The summed E-state index contributed by atoms with van der Waals surface area (Å²) in [5, 5.41) is 21.0. The number of carbonyl (C=O) groups excluding carboxylic acids is 2. The molecule has 2 amide bonds. The third-order valence-electron chi connectivity index (χ3n) is 5.49. The van der Waals surface area contributed by atoms with Gasteiger partial charge in [-0.3, -0.25) is 14.5 Å². The molecule has 1 saturated heterocycles. The molecule has 0 bridgehead atoms. The number of aromatic nitrogens is 4. The normalized spacial score (nSPS) is 18.7. The minimum absolute atomic E-state index is 0.275. The Morgan fingerprint density at radius 1 is 1.21 bits per heavy atom. The Balaban J connectivity index is 1.60. The molecule has 2 heterocycles. The number of carboxylic acid groups (broad SMARTS) is 1. The van der Waals surface area contributed by atoms with E-state index in [2.05, 4.69) is 15.5 Å². The highest BCUT2D eigenvalue weighted by Crippen LogP contribution is 2.33. The van der Waals surface area contributed by atoms with Gasteiger partial charge in [-0.15, -0.1) is 5.10 Å². The molecule has 1 aliphatic heterocycles. The van der Waals surface area contributed by atoms with Crippen LogP contribution in [0.1, 0.15) is 25.7 Å². The van der Waals surface area contributed by atoms with Crippen LogP contribution in [0.15, 0.2) is 24.5 Å². The minimum atomic E-state index is -1.08. The highest BCUT2D eigenvalue weighted by molar-refractivity contribution is 6.31. The van der Waals surface area contributed by atoms with Gasteiger partial charge in [0.25, 0.3) is 0 Å². The molecule has 1 aromatic carbocycles. The van der Waals surface area contributed by atoms with E-state index in [-0.39, 0.29) is 24.9 Å². The summed E-state index contributed by atoms with van der Waals surface area (Å²) in [5.41, 5.74) is 0.868. The van der Waals surface area contributed by atoms with Gasteiger partial charge in [-0.2, -0.15) is 4.68 Å². The highest BCUT2D eigenvalue weighted by atomic mass is 35.5. The molecule has 1 aromatic heterocycles. The molecular formula is C18H19ClN6O4. The van der Waals surface area contributed by atoms with Crippen molar-refractivity contribution in [2.45, 2.75) is 31.7 Å². The Labute approximate surface area is 171 Å². The van der Waals surface area contributed by atoms with Crippen LogP contribution in [0, 0.1) is 5.92 Å². The SMILES string of the molecule is O=C(O)C(CC1CCC1)N1CC(=O)N(c2cc(Cl)ccc2-n2cnnn2)CC1=O. The van der Waals surface area contributed by atoms with Crippen molar-refractivity contribution in [2.75, 3.05) is 18.0 Å². The number of anilines is 1. The van der Waals surface area contributed by atoms with Crippen molar-refractivity contribution in [3.63, 3.8) is 0 Å². The van der Waals surface area contributed by atoms with Crippen LogP contribution in [-0.2, 0) is 14.4 Å². The summed E-state index contributed by atoms with van der Waals surface area (Å²) in [4.78, 5) is 40.0. The first-order chi connectivity index (χ1) is 13.9. The van der Waals surface area contributed by atoms with Crippen LogP contribution in [-0.4, -0.2) is 67.1 Å². The van der Waals surface area contributed by atoms with Crippen LogP contribution in [0.4, 0.5) is 5.69 Å². The number of nitrogens with zero attached hydrogens (tertiary/aromatic N) is 6. The fourth-order valence-corrected chi connectivity index (χ4v) is 3.89. The summed E-state index contributed by atoms with van der Waals surface area (Å²) in [6.07, 6.45) is 4.75. The molecule has 152 valence electrons. The smallest absolute Gasteiger partial charge is 0.326 e. The van der Waals surface area contributed by atoms with Gasteiger partial charge >= 0.3 is 5.97 Å². The maximum absolute atomic E-state index is 12.9. The average Bonchev–Trinajstić information content (AvgIpc) is 3.17. The molecule has 29 heavy (non-hydrogen) atoms. The van der Waals surface area contributed by atoms with E-state index in [1.165, 1.54) is 20.8 Å². The lowest BCUT2D eigenvalue weighted by Crippen LogP contribution is -2.59. The Morgan fingerprint density at radius 3 is 2.62 bits per heavy atom. The summed E-state index contributed by atoms with van der Waals surface area (Å²) >= 11 is 6.11. The number of hydrogen-bond donors (Lipinski definition) is 1. The molecule has 2 aromatic rings. The fourth-order valence-electron chi connectivity index (χ4n) is 3.72. The summed E-state index contributed by atoms with van der Waals surface area (Å²) in [6, 6.07) is 3.85. The van der Waals surface area contributed by atoms with Crippen molar-refractivity contribution in [1.29, 1.82) is 0 Å². The van der Waals surface area contributed by atoms with Crippen molar-refractivity contribution in [3.05, 3.63) is 29.5 Å². The molecule has 1 unspecified atom stereocenters. The van der Waals surface area contributed by atoms with Gasteiger partial charge in [-0.05, 0) is 41.0 Å². The average molecular weight is 419 g/mol. The van der Waals surface area contributed by atoms with Crippen molar-refractivity contribution >= 4 is 35.1 Å². The molecule has 2 fully saturated rings. The van der Waals surface area contributed by atoms with Crippen LogP contribution in [0.25, 0.3) is 5.69 Å². The lowest BCUT2D eigenvalue weighted by Gasteiger charge is -2.39. The number of halogens is 1. The van der Waals surface area contributed by atoms with Crippen LogP contribution in [0.2, 0.25) is 5.02 Å². The van der Waals surface area contributed by atoms with Gasteiger partial charge in [0.15, 0.2) is 0 Å². The lowest BCUT2D eigenvalue weighted by atomic mass is 9.80. The number of hydrogen-bond acceptors (Lipinski definition) is 6. The van der Waals surface area contributed by atoms with Gasteiger partial charge in [-0.1, -0.05) is 30.9 Å². The first kappa shape index (κ1) is 19.3. The van der Waals surface area contributed by atoms with E-state index in [9.17, 15) is 19.5 Å². The maximum Gasteiger partial charge on any atom is 0.326 e. The van der Waals surface area contributed by atoms with E-state index < -0.39 is 17.9 Å². The van der Waals surface area contributed by atoms with Crippen LogP contribution in [0.3, 0.4) is 0 Å². The van der Waals surface area contributed by atoms with Crippen LogP contribution < -0.4 is 4.90 Å². The summed E-state index contributed by atoms with van der Waals surface area (Å²) in [5.74, 6) is -1.60. The molecular weight excluding hydrogens is 400 g/mol.